The highest BCUT2D eigenvalue weighted by Crippen LogP contribution is 2.30. The average molecular weight is 355 g/mol. The molecule has 0 N–H and O–H groups in total. The lowest BCUT2D eigenvalue weighted by Gasteiger charge is -2.10. The first-order valence-corrected chi connectivity index (χ1v) is 9.01. The van der Waals surface area contributed by atoms with Crippen LogP contribution in [0.1, 0.15) is 44.0 Å². The first kappa shape index (κ1) is 17.5. The third-order valence-corrected chi connectivity index (χ3v) is 5.07. The molecule has 1 atom stereocenters. The van der Waals surface area contributed by atoms with E-state index < -0.39 is 0 Å². The number of hydrogen-bond acceptors (Lipinski definition) is 5. The Kier molecular flexibility index (Phi) is 5.08. The van der Waals surface area contributed by atoms with E-state index in [-0.39, 0.29) is 11.9 Å². The Morgan fingerprint density at radius 2 is 1.72 bits per heavy atom. The minimum absolute atomic E-state index is 0.223. The molecule has 130 valence electrons. The van der Waals surface area contributed by atoms with Crippen molar-refractivity contribution in [1.29, 1.82) is 0 Å². The number of benzene rings is 1. The number of fused-ring (bicyclic) bond motifs is 1. The van der Waals surface area contributed by atoms with Crippen molar-refractivity contribution in [3.63, 3.8) is 0 Å². The fraction of sp³-hybridized carbons (Fsp3) is 0.316. The van der Waals surface area contributed by atoms with Crippen LogP contribution in [0.2, 0.25) is 0 Å². The van der Waals surface area contributed by atoms with E-state index in [9.17, 15) is 4.79 Å². The summed E-state index contributed by atoms with van der Waals surface area (Å²) in [5.74, 6) is 0.791. The molecule has 25 heavy (non-hydrogen) atoms. The zero-order chi connectivity index (χ0) is 18.0. The van der Waals surface area contributed by atoms with Crippen LogP contribution in [0.15, 0.2) is 52.4 Å². The number of ether oxygens (including phenoxy) is 1. The van der Waals surface area contributed by atoms with Crippen LogP contribution in [0, 0.1) is 0 Å². The van der Waals surface area contributed by atoms with Gasteiger partial charge in [-0.25, -0.2) is 0 Å². The fourth-order valence-electron chi connectivity index (χ4n) is 2.62. The number of pyridine rings is 1. The van der Waals surface area contributed by atoms with Crippen LogP contribution in [0.25, 0.3) is 5.65 Å². The summed E-state index contributed by atoms with van der Waals surface area (Å²) in [6, 6.07) is 12.0. The Morgan fingerprint density at radius 1 is 1.04 bits per heavy atom. The second kappa shape index (κ2) is 7.27. The molecule has 0 saturated heterocycles. The molecule has 1 unspecified atom stereocenters. The van der Waals surface area contributed by atoms with Gasteiger partial charge in [-0.15, -0.1) is 10.2 Å². The second-order valence-corrected chi connectivity index (χ2v) is 7.37. The van der Waals surface area contributed by atoms with Gasteiger partial charge in [-0.05, 0) is 36.8 Å². The Morgan fingerprint density at radius 3 is 2.36 bits per heavy atom. The minimum atomic E-state index is -0.258. The van der Waals surface area contributed by atoms with Crippen LogP contribution < -0.4 is 0 Å². The molecule has 6 heteroatoms. The molecule has 3 rings (SSSR count). The van der Waals surface area contributed by atoms with E-state index in [0.29, 0.717) is 5.92 Å². The zero-order valence-corrected chi connectivity index (χ0v) is 15.6. The summed E-state index contributed by atoms with van der Waals surface area (Å²) in [6.45, 7) is 6.07. The molecular weight excluding hydrogens is 334 g/mol. The van der Waals surface area contributed by atoms with Crippen LogP contribution in [0.5, 0.6) is 0 Å². The Hall–Kier alpha value is -2.34. The van der Waals surface area contributed by atoms with Gasteiger partial charge in [-0.3, -0.25) is 9.20 Å². The van der Waals surface area contributed by atoms with E-state index >= 15 is 0 Å². The monoisotopic (exact) mass is 355 g/mol. The summed E-state index contributed by atoms with van der Waals surface area (Å²) in [7, 11) is 1.41. The topological polar surface area (TPSA) is 56.5 Å². The summed E-state index contributed by atoms with van der Waals surface area (Å²) in [4.78, 5) is 13.9. The Bertz CT molecular complexity index is 887. The van der Waals surface area contributed by atoms with Crippen LogP contribution >= 0.6 is 11.8 Å². The molecule has 1 aromatic carbocycles. The number of methoxy groups -OCH3 is 1. The SMILES string of the molecule is COC(=O)C(C)c1ccc(Sc2ccc3nnc(C(C)C)n3c2)cc1. The van der Waals surface area contributed by atoms with E-state index in [1.165, 1.54) is 7.11 Å². The molecule has 0 aliphatic rings. The molecule has 0 spiro atoms. The molecule has 3 aromatic rings. The van der Waals surface area contributed by atoms with Gasteiger partial charge in [0.15, 0.2) is 5.65 Å². The van der Waals surface area contributed by atoms with Crippen molar-refractivity contribution in [3.8, 4) is 0 Å². The number of carbonyl (C=O) groups excluding carboxylic acids is 1. The van der Waals surface area contributed by atoms with Gasteiger partial charge in [0.1, 0.15) is 5.82 Å². The molecular formula is C19H21N3O2S. The summed E-state index contributed by atoms with van der Waals surface area (Å²) in [5.41, 5.74) is 1.81. The predicted molar refractivity (Wildman–Crippen MR) is 98.1 cm³/mol. The number of nitrogens with zero attached hydrogens (tertiary/aromatic N) is 3. The van der Waals surface area contributed by atoms with Gasteiger partial charge in [0, 0.05) is 21.9 Å². The Labute approximate surface area is 151 Å². The first-order valence-electron chi connectivity index (χ1n) is 8.20. The van der Waals surface area contributed by atoms with Crippen molar-refractivity contribution < 1.29 is 9.53 Å². The van der Waals surface area contributed by atoms with E-state index in [2.05, 4.69) is 30.2 Å². The van der Waals surface area contributed by atoms with E-state index in [1.807, 2.05) is 47.7 Å². The molecule has 0 saturated carbocycles. The largest absolute Gasteiger partial charge is 0.469 e. The summed E-state index contributed by atoms with van der Waals surface area (Å²) in [5, 5.41) is 8.46. The van der Waals surface area contributed by atoms with Crippen LogP contribution in [0.3, 0.4) is 0 Å². The second-order valence-electron chi connectivity index (χ2n) is 6.22. The zero-order valence-electron chi connectivity index (χ0n) is 14.8. The molecule has 0 bridgehead atoms. The number of esters is 1. The van der Waals surface area contributed by atoms with Gasteiger partial charge in [-0.1, -0.05) is 37.7 Å². The average Bonchev–Trinajstić information content (AvgIpc) is 3.04. The van der Waals surface area contributed by atoms with Crippen molar-refractivity contribution in [1.82, 2.24) is 14.6 Å². The maximum Gasteiger partial charge on any atom is 0.312 e. The predicted octanol–water partition coefficient (Wildman–Crippen LogP) is 4.28. The maximum absolute atomic E-state index is 11.6. The lowest BCUT2D eigenvalue weighted by molar-refractivity contribution is -0.141. The first-order chi connectivity index (χ1) is 12.0. The molecule has 0 amide bonds. The highest BCUT2D eigenvalue weighted by atomic mass is 32.2. The quantitative estimate of drug-likeness (QED) is 0.639. The molecule has 2 aromatic heterocycles. The van der Waals surface area contributed by atoms with Crippen molar-refractivity contribution >= 4 is 23.4 Å². The smallest absolute Gasteiger partial charge is 0.312 e. The van der Waals surface area contributed by atoms with Gasteiger partial charge < -0.3 is 4.74 Å². The molecule has 0 aliphatic carbocycles. The summed E-state index contributed by atoms with van der Waals surface area (Å²) >= 11 is 1.67. The molecule has 0 aliphatic heterocycles. The standard InChI is InChI=1S/C19H21N3O2S/c1-12(2)18-21-20-17-10-9-16(11-22(17)18)25-15-7-5-14(6-8-15)13(3)19(23)24-4/h5-13H,1-4H3. The number of rotatable bonds is 5. The van der Waals surface area contributed by atoms with Gasteiger partial charge in [0.25, 0.3) is 0 Å². The summed E-state index contributed by atoms with van der Waals surface area (Å²) < 4.78 is 6.84. The summed E-state index contributed by atoms with van der Waals surface area (Å²) in [6.07, 6.45) is 2.07. The molecule has 5 nitrogen and oxygen atoms in total. The van der Waals surface area contributed by atoms with Crippen LogP contribution in [0.4, 0.5) is 0 Å². The third-order valence-electron chi connectivity index (χ3n) is 4.09. The normalized spacial score (nSPS) is 12.5. The lowest BCUT2D eigenvalue weighted by Crippen LogP contribution is -2.10. The highest BCUT2D eigenvalue weighted by Gasteiger charge is 2.15. The van der Waals surface area contributed by atoms with Crippen molar-refractivity contribution in [2.75, 3.05) is 7.11 Å². The molecule has 0 radical (unpaired) electrons. The number of aromatic nitrogens is 3. The maximum atomic E-state index is 11.6. The van der Waals surface area contributed by atoms with Crippen molar-refractivity contribution in [2.45, 2.75) is 42.4 Å². The van der Waals surface area contributed by atoms with Crippen molar-refractivity contribution in [3.05, 3.63) is 54.0 Å². The fourth-order valence-corrected chi connectivity index (χ4v) is 3.46. The number of hydrogen-bond donors (Lipinski definition) is 0. The molecule has 2 heterocycles. The molecule has 0 fully saturated rings. The van der Waals surface area contributed by atoms with Crippen molar-refractivity contribution in [2.24, 2.45) is 0 Å². The lowest BCUT2D eigenvalue weighted by atomic mass is 10.0. The van der Waals surface area contributed by atoms with E-state index in [0.717, 1.165) is 26.8 Å². The van der Waals surface area contributed by atoms with Crippen LogP contribution in [-0.4, -0.2) is 27.7 Å². The van der Waals surface area contributed by atoms with Gasteiger partial charge in [0.2, 0.25) is 0 Å². The third kappa shape index (κ3) is 3.69. The van der Waals surface area contributed by atoms with Gasteiger partial charge in [0.05, 0.1) is 13.0 Å². The van der Waals surface area contributed by atoms with Gasteiger partial charge in [-0.2, -0.15) is 0 Å². The number of carbonyl (C=O) groups is 1. The minimum Gasteiger partial charge on any atom is -0.469 e. The van der Waals surface area contributed by atoms with E-state index in [4.69, 9.17) is 4.74 Å². The highest BCUT2D eigenvalue weighted by molar-refractivity contribution is 7.99. The van der Waals surface area contributed by atoms with E-state index in [1.54, 1.807) is 11.8 Å². The van der Waals surface area contributed by atoms with Crippen LogP contribution in [-0.2, 0) is 9.53 Å². The Balaban J connectivity index is 1.81. The van der Waals surface area contributed by atoms with Gasteiger partial charge >= 0.3 is 5.97 Å².